The van der Waals surface area contributed by atoms with Crippen LogP contribution in [0.1, 0.15) is 25.7 Å². The van der Waals surface area contributed by atoms with E-state index in [1.54, 1.807) is 0 Å². The van der Waals surface area contributed by atoms with Gasteiger partial charge < -0.3 is 16.0 Å². The van der Waals surface area contributed by atoms with Gasteiger partial charge >= 0.3 is 0 Å². The highest BCUT2D eigenvalue weighted by Crippen LogP contribution is 2.10. The van der Waals surface area contributed by atoms with E-state index in [2.05, 4.69) is 16.0 Å². The first-order chi connectivity index (χ1) is 7.75. The van der Waals surface area contributed by atoms with Gasteiger partial charge in [0.05, 0.1) is 5.92 Å². The molecule has 0 spiro atoms. The quantitative estimate of drug-likeness (QED) is 0.599. The van der Waals surface area contributed by atoms with Gasteiger partial charge in [0, 0.05) is 25.6 Å². The first kappa shape index (κ1) is 11.4. The van der Waals surface area contributed by atoms with Gasteiger partial charge in [-0.2, -0.15) is 0 Å². The second-order valence-corrected chi connectivity index (χ2v) is 4.59. The van der Waals surface area contributed by atoms with E-state index in [9.17, 15) is 9.59 Å². The van der Waals surface area contributed by atoms with Crippen molar-refractivity contribution in [1.82, 2.24) is 16.0 Å². The number of nitrogens with one attached hydrogen (secondary N) is 3. The van der Waals surface area contributed by atoms with Gasteiger partial charge in [-0.05, 0) is 25.8 Å². The van der Waals surface area contributed by atoms with Crippen molar-refractivity contribution in [2.24, 2.45) is 5.92 Å². The first-order valence-corrected chi connectivity index (χ1v) is 6.03. The van der Waals surface area contributed by atoms with Crippen LogP contribution in [0.3, 0.4) is 0 Å². The van der Waals surface area contributed by atoms with Gasteiger partial charge in [-0.1, -0.05) is 0 Å². The van der Waals surface area contributed by atoms with Crippen molar-refractivity contribution in [3.63, 3.8) is 0 Å². The van der Waals surface area contributed by atoms with Crippen LogP contribution in [-0.4, -0.2) is 37.5 Å². The van der Waals surface area contributed by atoms with Gasteiger partial charge in [-0.15, -0.1) is 0 Å². The predicted octanol–water partition coefficient (Wildman–Crippen LogP) is -0.619. The molecule has 16 heavy (non-hydrogen) atoms. The van der Waals surface area contributed by atoms with E-state index in [0.717, 1.165) is 32.4 Å². The smallest absolute Gasteiger partial charge is 0.224 e. The first-order valence-electron chi connectivity index (χ1n) is 6.03. The van der Waals surface area contributed by atoms with Crippen molar-refractivity contribution in [2.75, 3.05) is 19.6 Å². The van der Waals surface area contributed by atoms with Gasteiger partial charge in [0.2, 0.25) is 11.8 Å². The van der Waals surface area contributed by atoms with Gasteiger partial charge in [0.25, 0.3) is 0 Å². The summed E-state index contributed by atoms with van der Waals surface area (Å²) in [6.07, 6.45) is 3.46. The summed E-state index contributed by atoms with van der Waals surface area (Å²) in [5, 5.41) is 8.98. The molecule has 2 saturated heterocycles. The molecule has 2 aliphatic heterocycles. The summed E-state index contributed by atoms with van der Waals surface area (Å²) in [4.78, 5) is 22.7. The summed E-state index contributed by atoms with van der Waals surface area (Å²) >= 11 is 0. The maximum atomic E-state index is 11.8. The molecule has 5 nitrogen and oxygen atoms in total. The van der Waals surface area contributed by atoms with Gasteiger partial charge in [0.15, 0.2) is 0 Å². The molecule has 2 fully saturated rings. The molecule has 0 aliphatic carbocycles. The van der Waals surface area contributed by atoms with Crippen LogP contribution in [0, 0.1) is 5.92 Å². The summed E-state index contributed by atoms with van der Waals surface area (Å²) in [6, 6.07) is 0.132. The molecule has 0 aromatic rings. The molecule has 2 aliphatic rings. The highest BCUT2D eigenvalue weighted by atomic mass is 16.2. The van der Waals surface area contributed by atoms with Crippen molar-refractivity contribution in [3.05, 3.63) is 0 Å². The van der Waals surface area contributed by atoms with Crippen LogP contribution in [0.4, 0.5) is 0 Å². The summed E-state index contributed by atoms with van der Waals surface area (Å²) in [7, 11) is 0. The van der Waals surface area contributed by atoms with E-state index < -0.39 is 0 Å². The van der Waals surface area contributed by atoms with Crippen molar-refractivity contribution < 1.29 is 9.59 Å². The molecule has 0 aromatic carbocycles. The molecule has 2 atom stereocenters. The minimum absolute atomic E-state index is 0.0959. The Balaban J connectivity index is 1.68. The number of hydrogen-bond acceptors (Lipinski definition) is 3. The largest absolute Gasteiger partial charge is 0.354 e. The third-order valence-corrected chi connectivity index (χ3v) is 3.28. The molecular weight excluding hydrogens is 206 g/mol. The van der Waals surface area contributed by atoms with E-state index in [1.165, 1.54) is 0 Å². The van der Waals surface area contributed by atoms with E-state index in [0.29, 0.717) is 13.0 Å². The summed E-state index contributed by atoms with van der Waals surface area (Å²) in [5.74, 6) is 0.317. The molecule has 90 valence electrons. The van der Waals surface area contributed by atoms with Gasteiger partial charge in [0.1, 0.15) is 0 Å². The second-order valence-electron chi connectivity index (χ2n) is 4.59. The van der Waals surface area contributed by atoms with E-state index >= 15 is 0 Å². The third-order valence-electron chi connectivity index (χ3n) is 3.28. The Labute approximate surface area is 95.3 Å². The zero-order chi connectivity index (χ0) is 11.4. The predicted molar refractivity (Wildman–Crippen MR) is 59.8 cm³/mol. The molecule has 0 radical (unpaired) electrons. The molecule has 3 N–H and O–H groups in total. The fourth-order valence-electron chi connectivity index (χ4n) is 2.27. The Morgan fingerprint density at radius 2 is 2.31 bits per heavy atom. The van der Waals surface area contributed by atoms with Gasteiger partial charge in [-0.25, -0.2) is 0 Å². The Bertz CT molecular complexity index is 274. The highest BCUT2D eigenvalue weighted by Gasteiger charge is 2.24. The molecular formula is C11H19N3O2. The minimum atomic E-state index is 0.0959. The van der Waals surface area contributed by atoms with Crippen molar-refractivity contribution in [2.45, 2.75) is 31.7 Å². The number of hydrogen-bond donors (Lipinski definition) is 3. The molecule has 5 heteroatoms. The van der Waals surface area contributed by atoms with Crippen molar-refractivity contribution in [1.29, 1.82) is 0 Å². The summed E-state index contributed by atoms with van der Waals surface area (Å²) in [6.45, 7) is 2.37. The molecule has 0 aromatic heterocycles. The SMILES string of the molecule is O=C1CCC(CNC(=O)[C@H]2CCCNC2)N1. The number of rotatable bonds is 3. The molecule has 2 amide bonds. The van der Waals surface area contributed by atoms with Crippen LogP contribution in [0.25, 0.3) is 0 Å². The Kier molecular flexibility index (Phi) is 3.77. The fourth-order valence-corrected chi connectivity index (χ4v) is 2.27. The lowest BCUT2D eigenvalue weighted by Crippen LogP contribution is -2.44. The maximum absolute atomic E-state index is 11.8. The summed E-state index contributed by atoms with van der Waals surface area (Å²) < 4.78 is 0. The normalized spacial score (nSPS) is 29.9. The Hall–Kier alpha value is -1.10. The van der Waals surface area contributed by atoms with Crippen LogP contribution < -0.4 is 16.0 Å². The molecule has 0 saturated carbocycles. The minimum Gasteiger partial charge on any atom is -0.354 e. The number of amides is 2. The zero-order valence-corrected chi connectivity index (χ0v) is 9.42. The average Bonchev–Trinajstić information content (AvgIpc) is 2.73. The molecule has 0 bridgehead atoms. The lowest BCUT2D eigenvalue weighted by molar-refractivity contribution is -0.125. The Morgan fingerprint density at radius 3 is 2.94 bits per heavy atom. The number of piperidine rings is 1. The maximum Gasteiger partial charge on any atom is 0.224 e. The van der Waals surface area contributed by atoms with E-state index in [1.807, 2.05) is 0 Å². The van der Waals surface area contributed by atoms with E-state index in [-0.39, 0.29) is 23.8 Å². The lowest BCUT2D eigenvalue weighted by atomic mass is 9.99. The van der Waals surface area contributed by atoms with E-state index in [4.69, 9.17) is 0 Å². The van der Waals surface area contributed by atoms with Crippen molar-refractivity contribution >= 4 is 11.8 Å². The second kappa shape index (κ2) is 5.30. The Morgan fingerprint density at radius 1 is 1.44 bits per heavy atom. The van der Waals surface area contributed by atoms with Crippen LogP contribution in [0.5, 0.6) is 0 Å². The fraction of sp³-hybridized carbons (Fsp3) is 0.818. The third kappa shape index (κ3) is 2.95. The van der Waals surface area contributed by atoms with Crippen molar-refractivity contribution in [3.8, 4) is 0 Å². The summed E-state index contributed by atoms with van der Waals surface area (Å²) in [5.41, 5.74) is 0. The van der Waals surface area contributed by atoms with Crippen LogP contribution in [-0.2, 0) is 9.59 Å². The highest BCUT2D eigenvalue weighted by molar-refractivity contribution is 5.80. The van der Waals surface area contributed by atoms with Crippen LogP contribution in [0.2, 0.25) is 0 Å². The molecule has 2 rings (SSSR count). The van der Waals surface area contributed by atoms with Gasteiger partial charge in [-0.3, -0.25) is 9.59 Å². The monoisotopic (exact) mass is 225 g/mol. The standard InChI is InChI=1S/C11H19N3O2/c15-10-4-3-9(14-10)7-13-11(16)8-2-1-5-12-6-8/h8-9,12H,1-7H2,(H,13,16)(H,14,15)/t8-,9?/m0/s1. The topological polar surface area (TPSA) is 70.2 Å². The zero-order valence-electron chi connectivity index (χ0n) is 9.42. The van der Waals surface area contributed by atoms with Crippen LogP contribution in [0.15, 0.2) is 0 Å². The molecule has 1 unspecified atom stereocenters. The van der Waals surface area contributed by atoms with Crippen LogP contribution >= 0.6 is 0 Å². The molecule has 2 heterocycles. The average molecular weight is 225 g/mol. The lowest BCUT2D eigenvalue weighted by Gasteiger charge is -2.22. The number of carbonyl (C=O) groups excluding carboxylic acids is 2. The number of carbonyl (C=O) groups is 2.